The van der Waals surface area contributed by atoms with Crippen LogP contribution in [0.15, 0.2) is 18.2 Å². The highest BCUT2D eigenvalue weighted by molar-refractivity contribution is 14.1. The summed E-state index contributed by atoms with van der Waals surface area (Å²) < 4.78 is 13.2. The van der Waals surface area contributed by atoms with E-state index in [1.165, 1.54) is 12.1 Å². The smallest absolute Gasteiger partial charge is 0.252 e. The maximum atomic E-state index is 12.8. The van der Waals surface area contributed by atoms with Crippen LogP contribution < -0.4 is 11.1 Å². The highest BCUT2D eigenvalue weighted by Crippen LogP contribution is 2.13. The minimum absolute atomic E-state index is 0.267. The van der Waals surface area contributed by atoms with Crippen LogP contribution in [0.4, 0.5) is 4.39 Å². The molecule has 0 aliphatic heterocycles. The lowest BCUT2D eigenvalue weighted by atomic mass is 10.2. The summed E-state index contributed by atoms with van der Waals surface area (Å²) in [7, 11) is 0. The van der Waals surface area contributed by atoms with Crippen LogP contribution in [-0.4, -0.2) is 29.6 Å². The van der Waals surface area contributed by atoms with Gasteiger partial charge in [0, 0.05) is 3.57 Å². The summed E-state index contributed by atoms with van der Waals surface area (Å²) in [5.41, 5.74) is 5.09. The number of primary amides is 1. The molecule has 1 atom stereocenters. The van der Waals surface area contributed by atoms with Gasteiger partial charge in [-0.1, -0.05) is 0 Å². The van der Waals surface area contributed by atoms with Gasteiger partial charge in [-0.05, 0) is 40.8 Å². The van der Waals surface area contributed by atoms with E-state index in [0.717, 1.165) is 6.07 Å². The Balaban J connectivity index is 2.67. The monoisotopic (exact) mass is 352 g/mol. The molecule has 0 bridgehead atoms. The standard InChI is InChI=1S/C10H10FIN2O3/c11-5-1-2-6(7(12)3-5)10(17)14-4-8(15)9(13)16/h1-3,8,15H,4H2,(H2,13,16)(H,14,17). The van der Waals surface area contributed by atoms with Crippen molar-refractivity contribution in [1.82, 2.24) is 5.32 Å². The van der Waals surface area contributed by atoms with Crippen LogP contribution in [0.3, 0.4) is 0 Å². The molecule has 92 valence electrons. The zero-order valence-corrected chi connectivity index (χ0v) is 10.8. The van der Waals surface area contributed by atoms with Crippen molar-refractivity contribution < 1.29 is 19.1 Å². The van der Waals surface area contributed by atoms with Gasteiger partial charge < -0.3 is 16.2 Å². The van der Waals surface area contributed by atoms with Gasteiger partial charge in [0.05, 0.1) is 12.1 Å². The fraction of sp³-hybridized carbons (Fsp3) is 0.200. The van der Waals surface area contributed by atoms with Gasteiger partial charge in [0.2, 0.25) is 5.91 Å². The number of carbonyl (C=O) groups is 2. The number of aliphatic hydroxyl groups excluding tert-OH is 1. The van der Waals surface area contributed by atoms with Crippen molar-refractivity contribution in [3.8, 4) is 0 Å². The maximum Gasteiger partial charge on any atom is 0.252 e. The Morgan fingerprint density at radius 2 is 2.18 bits per heavy atom. The van der Waals surface area contributed by atoms with E-state index in [2.05, 4.69) is 5.32 Å². The summed E-state index contributed by atoms with van der Waals surface area (Å²) in [6, 6.07) is 3.69. The van der Waals surface area contributed by atoms with E-state index in [-0.39, 0.29) is 12.1 Å². The van der Waals surface area contributed by atoms with Crippen LogP contribution in [-0.2, 0) is 4.79 Å². The maximum absolute atomic E-state index is 12.8. The number of carbonyl (C=O) groups excluding carboxylic acids is 2. The molecular weight excluding hydrogens is 342 g/mol. The second kappa shape index (κ2) is 5.92. The zero-order valence-electron chi connectivity index (χ0n) is 8.61. The Morgan fingerprint density at radius 1 is 1.53 bits per heavy atom. The molecule has 5 nitrogen and oxygen atoms in total. The van der Waals surface area contributed by atoms with Crippen LogP contribution in [0.1, 0.15) is 10.4 Å². The van der Waals surface area contributed by atoms with Crippen molar-refractivity contribution in [2.45, 2.75) is 6.10 Å². The molecule has 17 heavy (non-hydrogen) atoms. The van der Waals surface area contributed by atoms with E-state index >= 15 is 0 Å². The van der Waals surface area contributed by atoms with Gasteiger partial charge in [-0.15, -0.1) is 0 Å². The molecule has 7 heteroatoms. The second-order valence-electron chi connectivity index (χ2n) is 3.25. The van der Waals surface area contributed by atoms with E-state index in [1.54, 1.807) is 0 Å². The van der Waals surface area contributed by atoms with Gasteiger partial charge in [-0.2, -0.15) is 0 Å². The Kier molecular flexibility index (Phi) is 4.82. The molecule has 0 radical (unpaired) electrons. The number of nitrogens with one attached hydrogen (secondary N) is 1. The number of hydrogen-bond donors (Lipinski definition) is 3. The van der Waals surface area contributed by atoms with Gasteiger partial charge in [0.1, 0.15) is 11.9 Å². The van der Waals surface area contributed by atoms with Crippen molar-refractivity contribution in [3.63, 3.8) is 0 Å². The lowest BCUT2D eigenvalue weighted by Crippen LogP contribution is -2.40. The number of hydrogen-bond acceptors (Lipinski definition) is 3. The average Bonchev–Trinajstić information content (AvgIpc) is 2.25. The van der Waals surface area contributed by atoms with Crippen LogP contribution in [0.25, 0.3) is 0 Å². The third-order valence-corrected chi connectivity index (χ3v) is 2.85. The Hall–Kier alpha value is -1.22. The molecule has 1 unspecified atom stereocenters. The fourth-order valence-corrected chi connectivity index (χ4v) is 1.78. The summed E-state index contributed by atoms with van der Waals surface area (Å²) in [4.78, 5) is 22.1. The number of benzene rings is 1. The van der Waals surface area contributed by atoms with Crippen LogP contribution in [0.2, 0.25) is 0 Å². The summed E-state index contributed by atoms with van der Waals surface area (Å²) in [6.07, 6.45) is -1.43. The molecule has 0 saturated carbocycles. The molecule has 4 N–H and O–H groups in total. The SMILES string of the molecule is NC(=O)C(O)CNC(=O)c1ccc(F)cc1I. The third kappa shape index (κ3) is 3.93. The number of halogens is 2. The van der Waals surface area contributed by atoms with E-state index in [4.69, 9.17) is 10.8 Å². The predicted octanol–water partition coefficient (Wildman–Crippen LogP) is 0.00630. The minimum Gasteiger partial charge on any atom is -0.381 e. The molecule has 0 heterocycles. The molecule has 0 spiro atoms. The van der Waals surface area contributed by atoms with Crippen LogP contribution in [0.5, 0.6) is 0 Å². The molecule has 1 aromatic rings. The summed E-state index contributed by atoms with van der Waals surface area (Å²) in [6.45, 7) is -0.276. The molecule has 0 fully saturated rings. The molecule has 0 aliphatic rings. The Labute approximate surface area is 110 Å². The highest BCUT2D eigenvalue weighted by atomic mass is 127. The zero-order chi connectivity index (χ0) is 13.0. The van der Waals surface area contributed by atoms with Gasteiger partial charge in [-0.3, -0.25) is 9.59 Å². The van der Waals surface area contributed by atoms with E-state index in [0.29, 0.717) is 3.57 Å². The topological polar surface area (TPSA) is 92.4 Å². The largest absolute Gasteiger partial charge is 0.381 e. The normalized spacial score (nSPS) is 11.9. The van der Waals surface area contributed by atoms with Crippen molar-refractivity contribution in [2.75, 3.05) is 6.54 Å². The van der Waals surface area contributed by atoms with Crippen LogP contribution >= 0.6 is 22.6 Å². The number of amides is 2. The summed E-state index contributed by atoms with van der Waals surface area (Å²) in [5, 5.41) is 11.4. The van der Waals surface area contributed by atoms with E-state index < -0.39 is 23.7 Å². The average molecular weight is 352 g/mol. The molecule has 2 amide bonds. The first-order valence-corrected chi connectivity index (χ1v) is 5.70. The van der Waals surface area contributed by atoms with Crippen molar-refractivity contribution in [3.05, 3.63) is 33.1 Å². The van der Waals surface area contributed by atoms with Crippen molar-refractivity contribution >= 4 is 34.4 Å². The quantitative estimate of drug-likeness (QED) is 0.667. The number of nitrogens with two attached hydrogens (primary N) is 1. The fourth-order valence-electron chi connectivity index (χ4n) is 1.06. The Bertz CT molecular complexity index is 453. The van der Waals surface area contributed by atoms with Crippen LogP contribution in [0, 0.1) is 9.39 Å². The van der Waals surface area contributed by atoms with E-state index in [1.807, 2.05) is 22.6 Å². The molecule has 1 rings (SSSR count). The summed E-state index contributed by atoms with van der Waals surface area (Å²) >= 11 is 1.82. The summed E-state index contributed by atoms with van der Waals surface area (Å²) in [5.74, 6) is -1.86. The second-order valence-corrected chi connectivity index (χ2v) is 4.41. The molecule has 1 aromatic carbocycles. The Morgan fingerprint density at radius 3 is 2.71 bits per heavy atom. The van der Waals surface area contributed by atoms with Gasteiger partial charge in [-0.25, -0.2) is 4.39 Å². The van der Waals surface area contributed by atoms with Gasteiger partial charge in [0.25, 0.3) is 5.91 Å². The van der Waals surface area contributed by atoms with Gasteiger partial charge >= 0.3 is 0 Å². The first-order chi connectivity index (χ1) is 7.91. The molecule has 0 aliphatic carbocycles. The third-order valence-electron chi connectivity index (χ3n) is 1.96. The first-order valence-electron chi connectivity index (χ1n) is 4.62. The molecular formula is C10H10FIN2O3. The number of rotatable bonds is 4. The first kappa shape index (κ1) is 13.8. The lowest BCUT2D eigenvalue weighted by molar-refractivity contribution is -0.125. The van der Waals surface area contributed by atoms with Crippen molar-refractivity contribution in [1.29, 1.82) is 0 Å². The predicted molar refractivity (Wildman–Crippen MR) is 66.7 cm³/mol. The van der Waals surface area contributed by atoms with Crippen molar-refractivity contribution in [2.24, 2.45) is 5.73 Å². The minimum atomic E-state index is -1.43. The van der Waals surface area contributed by atoms with Gasteiger partial charge in [0.15, 0.2) is 0 Å². The molecule has 0 aromatic heterocycles. The molecule has 0 saturated heterocycles. The van der Waals surface area contributed by atoms with E-state index in [9.17, 15) is 14.0 Å². The highest BCUT2D eigenvalue weighted by Gasteiger charge is 2.15. The number of aliphatic hydroxyl groups is 1. The lowest BCUT2D eigenvalue weighted by Gasteiger charge is -2.09.